The van der Waals surface area contributed by atoms with Gasteiger partial charge in [-0.05, 0) is 97.7 Å². The van der Waals surface area contributed by atoms with Gasteiger partial charge >= 0.3 is 0 Å². The zero-order valence-corrected chi connectivity index (χ0v) is 21.3. The average molecular weight is 482 g/mol. The number of benzene rings is 2. The lowest BCUT2D eigenvalue weighted by molar-refractivity contribution is -0.119. The van der Waals surface area contributed by atoms with Crippen LogP contribution in [0.1, 0.15) is 78.5 Å². The minimum absolute atomic E-state index is 0.0608. The Kier molecular flexibility index (Phi) is 7.04. The van der Waals surface area contributed by atoms with Crippen LogP contribution in [-0.2, 0) is 16.0 Å². The molecule has 0 aliphatic heterocycles. The highest BCUT2D eigenvalue weighted by Gasteiger charge is 2.39. The number of aryl methyl sites for hydroxylation is 1. The molecule has 2 aliphatic carbocycles. The first kappa shape index (κ1) is 24.4. The van der Waals surface area contributed by atoms with Gasteiger partial charge in [-0.3, -0.25) is 14.4 Å². The molecule has 2 atom stereocenters. The maximum atomic E-state index is 13.2. The molecule has 0 spiro atoms. The van der Waals surface area contributed by atoms with Gasteiger partial charge < -0.3 is 4.98 Å². The first-order valence-corrected chi connectivity index (χ1v) is 13.3. The fourth-order valence-corrected chi connectivity index (χ4v) is 6.53. The maximum Gasteiger partial charge on any atom is 0.182 e. The minimum atomic E-state index is -0.0608. The molecular formula is C32H35NO3. The summed E-state index contributed by atoms with van der Waals surface area (Å²) in [5, 5.41) is 0. The largest absolute Gasteiger partial charge is 0.359 e. The molecule has 0 radical (unpaired) electrons. The van der Waals surface area contributed by atoms with Crippen LogP contribution in [-0.4, -0.2) is 22.3 Å². The lowest BCUT2D eigenvalue weighted by atomic mass is 9.73. The summed E-state index contributed by atoms with van der Waals surface area (Å²) in [4.78, 5) is 40.9. The van der Waals surface area contributed by atoms with Crippen molar-refractivity contribution >= 4 is 17.3 Å². The number of aromatic amines is 1. The fraction of sp³-hybridized carbons (Fsp3) is 0.406. The van der Waals surface area contributed by atoms with Crippen molar-refractivity contribution in [3.63, 3.8) is 0 Å². The van der Waals surface area contributed by atoms with Crippen molar-refractivity contribution in [3.05, 3.63) is 83.2 Å². The van der Waals surface area contributed by atoms with Crippen molar-refractivity contribution in [2.24, 2.45) is 17.8 Å². The number of carbonyl (C=O) groups excluding carboxylic acids is 3. The van der Waals surface area contributed by atoms with Gasteiger partial charge in [0.25, 0.3) is 0 Å². The number of carbonyl (C=O) groups is 3. The first-order valence-electron chi connectivity index (χ1n) is 13.3. The predicted octanol–water partition coefficient (Wildman–Crippen LogP) is 6.87. The van der Waals surface area contributed by atoms with Crippen molar-refractivity contribution in [2.75, 3.05) is 0 Å². The molecule has 186 valence electrons. The Morgan fingerprint density at radius 1 is 0.944 bits per heavy atom. The van der Waals surface area contributed by atoms with Gasteiger partial charge in [0.2, 0.25) is 0 Å². The van der Waals surface area contributed by atoms with Crippen molar-refractivity contribution in [2.45, 2.75) is 64.7 Å². The Bertz CT molecular complexity index is 1260. The molecule has 5 rings (SSSR count). The van der Waals surface area contributed by atoms with E-state index in [2.05, 4.69) is 42.2 Å². The highest BCUT2D eigenvalue weighted by molar-refractivity contribution is 5.96. The van der Waals surface area contributed by atoms with E-state index in [0.717, 1.165) is 65.6 Å². The normalized spacial score (nSPS) is 24.1. The number of aromatic nitrogens is 1. The van der Waals surface area contributed by atoms with E-state index in [-0.39, 0.29) is 23.4 Å². The van der Waals surface area contributed by atoms with Gasteiger partial charge in [-0.15, -0.1) is 0 Å². The molecule has 36 heavy (non-hydrogen) atoms. The fourth-order valence-electron chi connectivity index (χ4n) is 6.53. The third kappa shape index (κ3) is 5.00. The highest BCUT2D eigenvalue weighted by atomic mass is 16.1. The molecule has 0 amide bonds. The van der Waals surface area contributed by atoms with E-state index in [0.29, 0.717) is 30.5 Å². The summed E-state index contributed by atoms with van der Waals surface area (Å²) < 4.78 is 0. The molecule has 4 nitrogen and oxygen atoms in total. The molecule has 3 aromatic rings. The van der Waals surface area contributed by atoms with Crippen LogP contribution < -0.4 is 0 Å². The van der Waals surface area contributed by atoms with E-state index < -0.39 is 0 Å². The summed E-state index contributed by atoms with van der Waals surface area (Å²) in [5.41, 5.74) is 6.16. The standard InChI is InChI=1S/C32H35NO3/c1-20-6-3-9-27(28(20)16-21(2)34)24-7-4-8-25(17-24)29-18-26(19-31(29)35)22-11-13-23(14-12-22)32(36)30-10-5-15-33-30/h3-10,15,17,22-23,26,29,33H,11-14,16,18-19H2,1-2H3. The second-order valence-electron chi connectivity index (χ2n) is 10.9. The van der Waals surface area contributed by atoms with E-state index in [1.165, 1.54) is 0 Å². The number of hydrogen-bond acceptors (Lipinski definition) is 3. The summed E-state index contributed by atoms with van der Waals surface area (Å²) >= 11 is 0. The molecule has 1 N–H and O–H groups in total. The van der Waals surface area contributed by atoms with Gasteiger partial charge in [0.15, 0.2) is 5.78 Å². The summed E-state index contributed by atoms with van der Waals surface area (Å²) in [6.07, 6.45) is 7.66. The molecule has 1 aromatic heterocycles. The lowest BCUT2D eigenvalue weighted by Crippen LogP contribution is -2.25. The van der Waals surface area contributed by atoms with E-state index >= 15 is 0 Å². The van der Waals surface area contributed by atoms with E-state index in [1.807, 2.05) is 24.3 Å². The van der Waals surface area contributed by atoms with E-state index in [1.54, 1.807) is 13.1 Å². The van der Waals surface area contributed by atoms with Crippen molar-refractivity contribution in [3.8, 4) is 11.1 Å². The third-order valence-corrected chi connectivity index (χ3v) is 8.50. The number of ketones is 3. The van der Waals surface area contributed by atoms with Crippen LogP contribution in [0.25, 0.3) is 11.1 Å². The summed E-state index contributed by atoms with van der Waals surface area (Å²) in [7, 11) is 0. The quantitative estimate of drug-likeness (QED) is 0.374. The van der Waals surface area contributed by atoms with E-state index in [4.69, 9.17) is 0 Å². The van der Waals surface area contributed by atoms with Crippen LogP contribution in [0.3, 0.4) is 0 Å². The average Bonchev–Trinajstić information content (AvgIpc) is 3.55. The zero-order valence-electron chi connectivity index (χ0n) is 21.3. The molecule has 4 heteroatoms. The second kappa shape index (κ2) is 10.4. The monoisotopic (exact) mass is 481 g/mol. The molecule has 2 fully saturated rings. The summed E-state index contributed by atoms with van der Waals surface area (Å²) in [6.45, 7) is 3.69. The topological polar surface area (TPSA) is 67.0 Å². The van der Waals surface area contributed by atoms with Crippen molar-refractivity contribution in [1.29, 1.82) is 0 Å². The maximum absolute atomic E-state index is 13.2. The number of nitrogens with one attached hydrogen (secondary N) is 1. The highest BCUT2D eigenvalue weighted by Crippen LogP contribution is 2.45. The Morgan fingerprint density at radius 2 is 1.72 bits per heavy atom. The van der Waals surface area contributed by atoms with Gasteiger partial charge in [0, 0.05) is 30.9 Å². The predicted molar refractivity (Wildman–Crippen MR) is 142 cm³/mol. The minimum Gasteiger partial charge on any atom is -0.359 e. The number of Topliss-reactive ketones (excluding diaryl/α,β-unsaturated/α-hetero) is 3. The molecule has 0 bridgehead atoms. The van der Waals surface area contributed by atoms with Crippen LogP contribution in [0, 0.1) is 24.7 Å². The molecule has 2 aromatic carbocycles. The van der Waals surface area contributed by atoms with Crippen LogP contribution in [0.15, 0.2) is 60.8 Å². The Balaban J connectivity index is 1.28. The summed E-state index contributed by atoms with van der Waals surface area (Å²) in [6, 6.07) is 18.3. The lowest BCUT2D eigenvalue weighted by Gasteiger charge is -2.31. The molecule has 0 saturated heterocycles. The Hall–Kier alpha value is -3.27. The van der Waals surface area contributed by atoms with Crippen LogP contribution in [0.5, 0.6) is 0 Å². The molecule has 1 heterocycles. The van der Waals surface area contributed by atoms with Crippen LogP contribution >= 0.6 is 0 Å². The van der Waals surface area contributed by atoms with E-state index in [9.17, 15) is 14.4 Å². The van der Waals surface area contributed by atoms with Crippen LogP contribution in [0.2, 0.25) is 0 Å². The van der Waals surface area contributed by atoms with Gasteiger partial charge in [0.05, 0.1) is 5.69 Å². The first-order chi connectivity index (χ1) is 17.4. The Labute approximate surface area is 213 Å². The second-order valence-corrected chi connectivity index (χ2v) is 10.9. The van der Waals surface area contributed by atoms with Crippen molar-refractivity contribution < 1.29 is 14.4 Å². The Morgan fingerprint density at radius 3 is 2.44 bits per heavy atom. The van der Waals surface area contributed by atoms with Gasteiger partial charge in [0.1, 0.15) is 11.6 Å². The number of hydrogen-bond donors (Lipinski definition) is 1. The molecular weight excluding hydrogens is 446 g/mol. The molecule has 2 saturated carbocycles. The SMILES string of the molecule is CC(=O)Cc1c(C)cccc1-c1cccc(C2CC(C3CCC(C(=O)c4ccc[nH]4)CC3)CC2=O)c1. The number of H-pyrrole nitrogens is 1. The molecule has 2 aliphatic rings. The summed E-state index contributed by atoms with van der Waals surface area (Å²) in [5.74, 6) is 1.69. The smallest absolute Gasteiger partial charge is 0.182 e. The van der Waals surface area contributed by atoms with Crippen molar-refractivity contribution in [1.82, 2.24) is 4.98 Å². The van der Waals surface area contributed by atoms with Gasteiger partial charge in [-0.25, -0.2) is 0 Å². The van der Waals surface area contributed by atoms with Gasteiger partial charge in [-0.2, -0.15) is 0 Å². The zero-order chi connectivity index (χ0) is 25.2. The number of rotatable bonds is 7. The molecule has 2 unspecified atom stereocenters. The van der Waals surface area contributed by atoms with Crippen LogP contribution in [0.4, 0.5) is 0 Å². The third-order valence-electron chi connectivity index (χ3n) is 8.50. The van der Waals surface area contributed by atoms with Gasteiger partial charge in [-0.1, -0.05) is 42.5 Å².